The first-order valence-corrected chi connectivity index (χ1v) is 4.61. The average Bonchev–Trinajstić information content (AvgIpc) is 2.52. The molecule has 2 heterocycles. The van der Waals surface area contributed by atoms with Crippen molar-refractivity contribution >= 4 is 22.6 Å². The van der Waals surface area contributed by atoms with Gasteiger partial charge in [-0.25, -0.2) is 4.98 Å². The summed E-state index contributed by atoms with van der Waals surface area (Å²) >= 11 is 5.79. The van der Waals surface area contributed by atoms with E-state index in [0.29, 0.717) is 10.8 Å². The topological polar surface area (TPSA) is 41.6 Å². The van der Waals surface area contributed by atoms with Crippen molar-refractivity contribution in [2.45, 2.75) is 20.8 Å². The van der Waals surface area contributed by atoms with Gasteiger partial charge in [0.25, 0.3) is 0 Å². The molecule has 0 saturated carbocycles. The molecule has 13 heavy (non-hydrogen) atoms. The standard InChI is InChI=1S/C7H6ClN3.C2H6/c1-4-2-5-6(8)10-11-7(5)9-3-4;1-2/h2-3H,1H3,(H,9,10,11);1-2H3. The van der Waals surface area contributed by atoms with Crippen LogP contribution in [0.15, 0.2) is 12.3 Å². The lowest BCUT2D eigenvalue weighted by Gasteiger charge is -1.89. The van der Waals surface area contributed by atoms with Gasteiger partial charge in [-0.15, -0.1) is 0 Å². The molecule has 0 saturated heterocycles. The van der Waals surface area contributed by atoms with E-state index in [1.54, 1.807) is 6.20 Å². The van der Waals surface area contributed by atoms with E-state index in [0.717, 1.165) is 10.9 Å². The number of aromatic amines is 1. The van der Waals surface area contributed by atoms with Crippen LogP contribution in [0.25, 0.3) is 11.0 Å². The Balaban J connectivity index is 0.000000396. The van der Waals surface area contributed by atoms with Crippen molar-refractivity contribution in [3.05, 3.63) is 23.0 Å². The zero-order chi connectivity index (χ0) is 9.84. The fourth-order valence-corrected chi connectivity index (χ4v) is 1.16. The number of hydrogen-bond acceptors (Lipinski definition) is 2. The Morgan fingerprint density at radius 2 is 2.08 bits per heavy atom. The van der Waals surface area contributed by atoms with E-state index in [4.69, 9.17) is 11.6 Å². The molecule has 0 aliphatic heterocycles. The first-order valence-electron chi connectivity index (χ1n) is 4.23. The van der Waals surface area contributed by atoms with Gasteiger partial charge >= 0.3 is 0 Å². The molecule has 0 amide bonds. The van der Waals surface area contributed by atoms with E-state index in [9.17, 15) is 0 Å². The van der Waals surface area contributed by atoms with Crippen molar-refractivity contribution in [2.75, 3.05) is 0 Å². The Morgan fingerprint density at radius 1 is 1.38 bits per heavy atom. The minimum atomic E-state index is 0.552. The van der Waals surface area contributed by atoms with Gasteiger partial charge < -0.3 is 0 Å². The Labute approximate surface area is 82.1 Å². The molecule has 0 unspecified atom stereocenters. The van der Waals surface area contributed by atoms with Gasteiger partial charge in [0.05, 0.1) is 5.39 Å². The molecule has 0 atom stereocenters. The second-order valence-electron chi connectivity index (χ2n) is 2.42. The average molecular weight is 198 g/mol. The van der Waals surface area contributed by atoms with Gasteiger partial charge in [0.1, 0.15) is 5.15 Å². The van der Waals surface area contributed by atoms with Crippen molar-refractivity contribution in [3.8, 4) is 0 Å². The number of nitrogens with zero attached hydrogens (tertiary/aromatic N) is 2. The molecule has 0 aromatic carbocycles. The van der Waals surface area contributed by atoms with E-state index in [1.807, 2.05) is 26.8 Å². The van der Waals surface area contributed by atoms with Crippen LogP contribution in [0.2, 0.25) is 5.15 Å². The number of pyridine rings is 1. The number of aromatic nitrogens is 3. The molecule has 0 aliphatic carbocycles. The van der Waals surface area contributed by atoms with Gasteiger partial charge in [0, 0.05) is 6.20 Å². The summed E-state index contributed by atoms with van der Waals surface area (Å²) in [5.74, 6) is 0. The molecule has 1 N–H and O–H groups in total. The maximum absolute atomic E-state index is 5.79. The quantitative estimate of drug-likeness (QED) is 0.706. The highest BCUT2D eigenvalue weighted by atomic mass is 35.5. The van der Waals surface area contributed by atoms with Crippen molar-refractivity contribution in [3.63, 3.8) is 0 Å². The first-order chi connectivity index (χ1) is 6.27. The molecule has 0 bridgehead atoms. The van der Waals surface area contributed by atoms with E-state index < -0.39 is 0 Å². The first kappa shape index (κ1) is 9.99. The normalized spacial score (nSPS) is 9.54. The van der Waals surface area contributed by atoms with Gasteiger partial charge in [-0.3, -0.25) is 5.10 Å². The molecule has 2 aromatic heterocycles. The molecular formula is C9H12ClN3. The molecule has 0 fully saturated rings. The van der Waals surface area contributed by atoms with Crippen LogP contribution in [0.5, 0.6) is 0 Å². The predicted octanol–water partition coefficient (Wildman–Crippen LogP) is 2.95. The zero-order valence-corrected chi connectivity index (χ0v) is 8.68. The number of H-pyrrole nitrogens is 1. The summed E-state index contributed by atoms with van der Waals surface area (Å²) < 4.78 is 0. The molecule has 3 nitrogen and oxygen atoms in total. The number of fused-ring (bicyclic) bond motifs is 1. The van der Waals surface area contributed by atoms with Crippen molar-refractivity contribution in [1.29, 1.82) is 0 Å². The number of halogens is 1. The highest BCUT2D eigenvalue weighted by Crippen LogP contribution is 2.18. The third-order valence-electron chi connectivity index (χ3n) is 1.50. The van der Waals surface area contributed by atoms with E-state index in [1.165, 1.54) is 0 Å². The summed E-state index contributed by atoms with van der Waals surface area (Å²) in [5, 5.41) is 7.98. The lowest BCUT2D eigenvalue weighted by atomic mass is 10.3. The largest absolute Gasteiger partial charge is 0.265 e. The SMILES string of the molecule is CC.Cc1cnc2n[nH]c(Cl)c2c1. The lowest BCUT2D eigenvalue weighted by molar-refractivity contribution is 1.10. The van der Waals surface area contributed by atoms with Crippen LogP contribution in [-0.4, -0.2) is 15.2 Å². The number of rotatable bonds is 0. The fourth-order valence-electron chi connectivity index (χ4n) is 0.975. The van der Waals surface area contributed by atoms with Gasteiger partial charge in [-0.2, -0.15) is 5.10 Å². The van der Waals surface area contributed by atoms with Crippen LogP contribution in [0.4, 0.5) is 0 Å². The Bertz CT molecular complexity index is 395. The maximum Gasteiger partial charge on any atom is 0.182 e. The summed E-state index contributed by atoms with van der Waals surface area (Å²) in [4.78, 5) is 4.07. The molecule has 0 spiro atoms. The van der Waals surface area contributed by atoms with Crippen LogP contribution in [0.1, 0.15) is 19.4 Å². The number of nitrogens with one attached hydrogen (secondary N) is 1. The predicted molar refractivity (Wildman–Crippen MR) is 55.0 cm³/mol. The van der Waals surface area contributed by atoms with Gasteiger partial charge in [-0.1, -0.05) is 25.4 Å². The van der Waals surface area contributed by atoms with Crippen molar-refractivity contribution < 1.29 is 0 Å². The van der Waals surface area contributed by atoms with Crippen LogP contribution < -0.4 is 0 Å². The minimum absolute atomic E-state index is 0.552. The summed E-state index contributed by atoms with van der Waals surface area (Å²) in [7, 11) is 0. The summed E-state index contributed by atoms with van der Waals surface area (Å²) in [6.45, 7) is 5.97. The highest BCUT2D eigenvalue weighted by Gasteiger charge is 2.02. The molecular weight excluding hydrogens is 186 g/mol. The van der Waals surface area contributed by atoms with E-state index >= 15 is 0 Å². The van der Waals surface area contributed by atoms with Gasteiger partial charge in [0.2, 0.25) is 0 Å². The third kappa shape index (κ3) is 1.98. The lowest BCUT2D eigenvalue weighted by Crippen LogP contribution is -1.77. The Kier molecular flexibility index (Phi) is 3.25. The molecule has 2 aromatic rings. The summed E-state index contributed by atoms with van der Waals surface area (Å²) in [6.07, 6.45) is 1.76. The van der Waals surface area contributed by atoms with Crippen LogP contribution in [-0.2, 0) is 0 Å². The third-order valence-corrected chi connectivity index (χ3v) is 1.79. The molecule has 2 rings (SSSR count). The maximum atomic E-state index is 5.79. The monoisotopic (exact) mass is 197 g/mol. The molecule has 4 heteroatoms. The zero-order valence-electron chi connectivity index (χ0n) is 7.93. The fraction of sp³-hybridized carbons (Fsp3) is 0.333. The van der Waals surface area contributed by atoms with Crippen molar-refractivity contribution in [2.24, 2.45) is 0 Å². The Morgan fingerprint density at radius 3 is 2.77 bits per heavy atom. The van der Waals surface area contributed by atoms with Crippen LogP contribution in [0, 0.1) is 6.92 Å². The van der Waals surface area contributed by atoms with Gasteiger partial charge in [-0.05, 0) is 18.6 Å². The summed E-state index contributed by atoms with van der Waals surface area (Å²) in [5.41, 5.74) is 1.75. The molecule has 70 valence electrons. The minimum Gasteiger partial charge on any atom is -0.265 e. The number of hydrogen-bond donors (Lipinski definition) is 1. The molecule has 0 aliphatic rings. The Hall–Kier alpha value is -1.09. The van der Waals surface area contributed by atoms with E-state index in [-0.39, 0.29) is 0 Å². The number of aryl methyl sites for hydroxylation is 1. The second-order valence-corrected chi connectivity index (χ2v) is 2.80. The summed E-state index contributed by atoms with van der Waals surface area (Å²) in [6, 6.07) is 1.95. The van der Waals surface area contributed by atoms with Crippen LogP contribution in [0.3, 0.4) is 0 Å². The second kappa shape index (κ2) is 4.23. The van der Waals surface area contributed by atoms with Gasteiger partial charge in [0.15, 0.2) is 5.65 Å². The van der Waals surface area contributed by atoms with Crippen molar-refractivity contribution in [1.82, 2.24) is 15.2 Å². The van der Waals surface area contributed by atoms with Crippen LogP contribution >= 0.6 is 11.6 Å². The molecule has 0 radical (unpaired) electrons. The smallest absolute Gasteiger partial charge is 0.182 e. The van der Waals surface area contributed by atoms with E-state index in [2.05, 4.69) is 15.2 Å². The highest BCUT2D eigenvalue weighted by molar-refractivity contribution is 6.34.